The number of ether oxygens (including phenoxy) is 4. The van der Waals surface area contributed by atoms with Gasteiger partial charge >= 0.3 is 11.9 Å². The zero-order chi connectivity index (χ0) is 27.2. The first-order chi connectivity index (χ1) is 18.4. The number of nitrogens with zero attached hydrogens (tertiary/aromatic N) is 1. The van der Waals surface area contributed by atoms with Crippen LogP contribution in [0.1, 0.15) is 28.8 Å². The summed E-state index contributed by atoms with van der Waals surface area (Å²) in [4.78, 5) is 42.5. The molecule has 8 nitrogen and oxygen atoms in total. The minimum atomic E-state index is -1.25. The van der Waals surface area contributed by atoms with Gasteiger partial charge in [0.15, 0.2) is 5.78 Å². The van der Waals surface area contributed by atoms with Gasteiger partial charge in [0.25, 0.3) is 0 Å². The third-order valence-electron chi connectivity index (χ3n) is 6.99. The van der Waals surface area contributed by atoms with Crippen molar-refractivity contribution < 1.29 is 33.3 Å². The molecule has 4 rings (SSSR count). The Morgan fingerprint density at radius 3 is 1.45 bits per heavy atom. The molecule has 0 N–H and O–H groups in total. The molecule has 0 saturated carbocycles. The fourth-order valence-electron chi connectivity index (χ4n) is 5.17. The topological polar surface area (TPSA) is 91.4 Å². The van der Waals surface area contributed by atoms with E-state index in [1.807, 2.05) is 59.5 Å². The van der Waals surface area contributed by atoms with Crippen LogP contribution in [0.25, 0.3) is 0 Å². The van der Waals surface area contributed by atoms with Crippen molar-refractivity contribution in [3.8, 4) is 11.5 Å². The second-order valence-corrected chi connectivity index (χ2v) is 9.00. The highest BCUT2D eigenvalue weighted by Gasteiger charge is 2.55. The van der Waals surface area contributed by atoms with Crippen LogP contribution in [0.4, 0.5) is 0 Å². The van der Waals surface area contributed by atoms with Gasteiger partial charge < -0.3 is 18.9 Å². The lowest BCUT2D eigenvalue weighted by atomic mass is 9.72. The second kappa shape index (κ2) is 11.9. The molecule has 1 heterocycles. The third kappa shape index (κ3) is 5.26. The van der Waals surface area contributed by atoms with Gasteiger partial charge in [-0.15, -0.1) is 0 Å². The van der Waals surface area contributed by atoms with E-state index in [0.29, 0.717) is 29.2 Å². The van der Waals surface area contributed by atoms with Crippen LogP contribution in [-0.2, 0) is 30.4 Å². The molecule has 0 radical (unpaired) electrons. The SMILES string of the molecule is COC(=O)[C@H]1C(=O)[C@H](C(=O)OC)[C@H](c2ccc(OC)cc2)N(Cc2ccccc2)[C@H]1c1ccc(OC)cc1. The van der Waals surface area contributed by atoms with Crippen molar-refractivity contribution in [3.05, 3.63) is 95.6 Å². The van der Waals surface area contributed by atoms with Gasteiger partial charge in [0, 0.05) is 6.54 Å². The molecule has 1 saturated heterocycles. The van der Waals surface area contributed by atoms with Crippen LogP contribution in [0.2, 0.25) is 0 Å². The van der Waals surface area contributed by atoms with Crippen LogP contribution >= 0.6 is 0 Å². The number of likely N-dealkylation sites (tertiary alicyclic amines) is 1. The number of hydrogen-bond donors (Lipinski definition) is 0. The molecule has 8 heteroatoms. The van der Waals surface area contributed by atoms with E-state index < -0.39 is 41.6 Å². The van der Waals surface area contributed by atoms with E-state index in [0.717, 1.165) is 5.56 Å². The van der Waals surface area contributed by atoms with Gasteiger partial charge in [-0.25, -0.2) is 0 Å². The first-order valence-corrected chi connectivity index (χ1v) is 12.2. The summed E-state index contributed by atoms with van der Waals surface area (Å²) in [6, 6.07) is 22.7. The molecule has 0 amide bonds. The fourth-order valence-corrected chi connectivity index (χ4v) is 5.17. The van der Waals surface area contributed by atoms with Crippen LogP contribution in [0.3, 0.4) is 0 Å². The summed E-state index contributed by atoms with van der Waals surface area (Å²) in [6.07, 6.45) is 0. The number of Topliss-reactive ketones (excluding diaryl/α,β-unsaturated/α-hetero) is 1. The number of esters is 2. The molecule has 1 aliphatic heterocycles. The van der Waals surface area contributed by atoms with Crippen molar-refractivity contribution in [1.82, 2.24) is 4.90 Å². The summed E-state index contributed by atoms with van der Waals surface area (Å²) < 4.78 is 20.9. The summed E-state index contributed by atoms with van der Waals surface area (Å²) in [5, 5.41) is 0. The van der Waals surface area contributed by atoms with Gasteiger partial charge in [-0.1, -0.05) is 54.6 Å². The highest BCUT2D eigenvalue weighted by molar-refractivity contribution is 6.10. The Kier molecular flexibility index (Phi) is 8.43. The Labute approximate surface area is 222 Å². The van der Waals surface area contributed by atoms with E-state index in [1.54, 1.807) is 38.5 Å². The van der Waals surface area contributed by atoms with E-state index in [9.17, 15) is 14.4 Å². The highest BCUT2D eigenvalue weighted by Crippen LogP contribution is 2.48. The van der Waals surface area contributed by atoms with Crippen LogP contribution in [-0.4, -0.2) is 51.1 Å². The first kappa shape index (κ1) is 26.9. The Bertz CT molecular complexity index is 1180. The van der Waals surface area contributed by atoms with Gasteiger partial charge in [-0.3, -0.25) is 19.3 Å². The fraction of sp³-hybridized carbons (Fsp3) is 0.300. The van der Waals surface area contributed by atoms with Crippen molar-refractivity contribution in [3.63, 3.8) is 0 Å². The third-order valence-corrected chi connectivity index (χ3v) is 6.99. The lowest BCUT2D eigenvalue weighted by Crippen LogP contribution is -2.55. The summed E-state index contributed by atoms with van der Waals surface area (Å²) in [5.74, 6) is -3.20. The molecule has 0 spiro atoms. The smallest absolute Gasteiger partial charge is 0.318 e. The lowest BCUT2D eigenvalue weighted by Gasteiger charge is -2.48. The molecule has 198 valence electrons. The van der Waals surface area contributed by atoms with Gasteiger partial charge in [-0.2, -0.15) is 0 Å². The molecule has 38 heavy (non-hydrogen) atoms. The number of methoxy groups -OCH3 is 4. The largest absolute Gasteiger partial charge is 0.497 e. The van der Waals surface area contributed by atoms with Crippen LogP contribution in [0.5, 0.6) is 11.5 Å². The first-order valence-electron chi connectivity index (χ1n) is 12.2. The molecule has 0 aliphatic carbocycles. The molecular weight excluding hydrogens is 486 g/mol. The van der Waals surface area contributed by atoms with Crippen molar-refractivity contribution in [2.24, 2.45) is 11.8 Å². The predicted molar refractivity (Wildman–Crippen MR) is 139 cm³/mol. The summed E-state index contributed by atoms with van der Waals surface area (Å²) >= 11 is 0. The molecule has 0 aromatic heterocycles. The van der Waals surface area contributed by atoms with E-state index in [-0.39, 0.29) is 0 Å². The number of benzene rings is 3. The number of carbonyl (C=O) groups excluding carboxylic acids is 3. The maximum Gasteiger partial charge on any atom is 0.318 e. The highest BCUT2D eigenvalue weighted by atomic mass is 16.5. The van der Waals surface area contributed by atoms with Gasteiger partial charge in [0.05, 0.1) is 40.5 Å². The minimum absolute atomic E-state index is 0.350. The van der Waals surface area contributed by atoms with E-state index in [1.165, 1.54) is 14.2 Å². The number of carbonyl (C=O) groups is 3. The average molecular weight is 518 g/mol. The van der Waals surface area contributed by atoms with E-state index in [2.05, 4.69) is 0 Å². The van der Waals surface area contributed by atoms with Crippen LogP contribution < -0.4 is 9.47 Å². The van der Waals surface area contributed by atoms with Gasteiger partial charge in [0.2, 0.25) is 0 Å². The van der Waals surface area contributed by atoms with Crippen LogP contribution in [0.15, 0.2) is 78.9 Å². The van der Waals surface area contributed by atoms with Crippen molar-refractivity contribution in [1.29, 1.82) is 0 Å². The zero-order valence-corrected chi connectivity index (χ0v) is 21.8. The normalized spacial score (nSPS) is 21.4. The van der Waals surface area contributed by atoms with Gasteiger partial charge in [-0.05, 0) is 41.0 Å². The van der Waals surface area contributed by atoms with Gasteiger partial charge in [0.1, 0.15) is 23.3 Å². The number of piperidine rings is 1. The molecule has 1 fully saturated rings. The summed E-state index contributed by atoms with van der Waals surface area (Å²) in [7, 11) is 5.62. The van der Waals surface area contributed by atoms with Crippen molar-refractivity contribution >= 4 is 17.7 Å². The molecule has 3 aromatic rings. The molecule has 0 bridgehead atoms. The predicted octanol–water partition coefficient (Wildman–Crippen LogP) is 4.15. The molecule has 4 atom stereocenters. The van der Waals surface area contributed by atoms with Crippen LogP contribution in [0, 0.1) is 11.8 Å². The number of rotatable bonds is 8. The maximum absolute atomic E-state index is 14.1. The van der Waals surface area contributed by atoms with Crippen molar-refractivity contribution in [2.45, 2.75) is 18.6 Å². The summed E-state index contributed by atoms with van der Waals surface area (Å²) in [5.41, 5.74) is 2.38. The maximum atomic E-state index is 14.1. The molecular formula is C30H31NO7. The Morgan fingerprint density at radius 2 is 1.08 bits per heavy atom. The number of ketones is 1. The summed E-state index contributed by atoms with van der Waals surface area (Å²) in [6.45, 7) is 0.350. The minimum Gasteiger partial charge on any atom is -0.497 e. The quantitative estimate of drug-likeness (QED) is 0.325. The zero-order valence-electron chi connectivity index (χ0n) is 21.8. The monoisotopic (exact) mass is 517 g/mol. The molecule has 0 unspecified atom stereocenters. The van der Waals surface area contributed by atoms with E-state index >= 15 is 0 Å². The number of hydrogen-bond acceptors (Lipinski definition) is 8. The second-order valence-electron chi connectivity index (χ2n) is 9.00. The molecule has 3 aromatic carbocycles. The Balaban J connectivity index is 1.96. The van der Waals surface area contributed by atoms with Crippen molar-refractivity contribution in [2.75, 3.05) is 28.4 Å². The Hall–Kier alpha value is -4.17. The van der Waals surface area contributed by atoms with E-state index in [4.69, 9.17) is 18.9 Å². The Morgan fingerprint density at radius 1 is 0.658 bits per heavy atom. The lowest BCUT2D eigenvalue weighted by molar-refractivity contribution is -0.168. The standard InChI is InChI=1S/C30H31NO7/c1-35-22-14-10-20(11-15-22)26-24(29(33)37-3)28(32)25(30(34)38-4)27(21-12-16-23(36-2)17-13-21)31(26)18-19-8-6-5-7-9-19/h5-17,24-27H,18H2,1-4H3/t24-,25-,26+,27+/m1/s1. The molecule has 1 aliphatic rings. The average Bonchev–Trinajstić information content (AvgIpc) is 2.97.